The third-order valence-electron chi connectivity index (χ3n) is 1.76. The van der Waals surface area contributed by atoms with Gasteiger partial charge in [0.05, 0.1) is 15.6 Å². The fourth-order valence-corrected chi connectivity index (χ4v) is 1.39. The van der Waals surface area contributed by atoms with Gasteiger partial charge in [0.2, 0.25) is 0 Å². The minimum Gasteiger partial charge on any atom is -0.318 e. The molecule has 0 saturated heterocycles. The van der Waals surface area contributed by atoms with E-state index < -0.39 is 0 Å². The van der Waals surface area contributed by atoms with Crippen molar-refractivity contribution in [2.45, 2.75) is 13.5 Å². The van der Waals surface area contributed by atoms with Gasteiger partial charge in [0.15, 0.2) is 0 Å². The molecule has 0 unspecified atom stereocenters. The molecule has 1 aromatic rings. The zero-order chi connectivity index (χ0) is 9.84. The van der Waals surface area contributed by atoms with Gasteiger partial charge in [0, 0.05) is 13.1 Å². The normalized spacial score (nSPS) is 10.4. The molecule has 72 valence electrons. The quantitative estimate of drug-likeness (QED) is 0.819. The molecule has 13 heavy (non-hydrogen) atoms. The summed E-state index contributed by atoms with van der Waals surface area (Å²) in [6.45, 7) is 3.28. The molecular formula is C8H12IN3O. The molecule has 0 aliphatic heterocycles. The van der Waals surface area contributed by atoms with Crippen LogP contribution < -0.4 is 10.9 Å². The van der Waals surface area contributed by atoms with E-state index in [0.29, 0.717) is 10.1 Å². The molecule has 0 aliphatic carbocycles. The van der Waals surface area contributed by atoms with Crippen LogP contribution in [0.25, 0.3) is 0 Å². The molecule has 0 aromatic carbocycles. The summed E-state index contributed by atoms with van der Waals surface area (Å²) in [5.74, 6) is 0. The second kappa shape index (κ2) is 4.71. The predicted octanol–water partition coefficient (Wildman–Crippen LogP) is 0.376. The van der Waals surface area contributed by atoms with Crippen LogP contribution in [-0.4, -0.2) is 23.1 Å². The van der Waals surface area contributed by atoms with Crippen molar-refractivity contribution in [3.63, 3.8) is 0 Å². The summed E-state index contributed by atoms with van der Waals surface area (Å²) in [7, 11) is 1.86. The van der Waals surface area contributed by atoms with Gasteiger partial charge in [-0.2, -0.15) is 0 Å². The van der Waals surface area contributed by atoms with E-state index in [0.717, 1.165) is 12.2 Å². The molecule has 1 aromatic heterocycles. The summed E-state index contributed by atoms with van der Waals surface area (Å²) < 4.78 is 2.32. The predicted molar refractivity (Wildman–Crippen MR) is 59.9 cm³/mol. The van der Waals surface area contributed by atoms with Crippen LogP contribution in [0.2, 0.25) is 0 Å². The summed E-state index contributed by atoms with van der Waals surface area (Å²) in [6.07, 6.45) is 1.59. The Hall–Kier alpha value is -0.430. The minimum atomic E-state index is 0.0448. The van der Waals surface area contributed by atoms with E-state index in [4.69, 9.17) is 0 Å². The first-order chi connectivity index (χ1) is 6.16. The van der Waals surface area contributed by atoms with Crippen LogP contribution in [-0.2, 0) is 6.54 Å². The number of likely N-dealkylation sites (N-methyl/N-ethyl adjacent to an activating group) is 1. The van der Waals surface area contributed by atoms with Crippen LogP contribution >= 0.6 is 22.6 Å². The number of hydrogen-bond acceptors (Lipinski definition) is 3. The van der Waals surface area contributed by atoms with E-state index in [9.17, 15) is 4.79 Å². The summed E-state index contributed by atoms with van der Waals surface area (Å²) >= 11 is 2.03. The highest BCUT2D eigenvalue weighted by atomic mass is 127. The molecule has 1 rings (SSSR count). The Morgan fingerprint density at radius 2 is 2.38 bits per heavy atom. The lowest BCUT2D eigenvalue weighted by Crippen LogP contribution is -2.28. The Labute approximate surface area is 90.5 Å². The topological polar surface area (TPSA) is 46.9 Å². The van der Waals surface area contributed by atoms with Crippen molar-refractivity contribution >= 4 is 22.6 Å². The monoisotopic (exact) mass is 293 g/mol. The van der Waals surface area contributed by atoms with E-state index in [2.05, 4.69) is 10.3 Å². The Balaban J connectivity index is 2.97. The number of halogens is 1. The van der Waals surface area contributed by atoms with E-state index in [-0.39, 0.29) is 5.56 Å². The molecule has 0 saturated carbocycles. The molecule has 1 heterocycles. The number of nitrogens with one attached hydrogen (secondary N) is 1. The second-order valence-electron chi connectivity index (χ2n) is 2.75. The van der Waals surface area contributed by atoms with Gasteiger partial charge in [-0.3, -0.25) is 9.36 Å². The third kappa shape index (κ3) is 2.50. The lowest BCUT2D eigenvalue weighted by Gasteiger charge is -2.05. The molecule has 1 N–H and O–H groups in total. The van der Waals surface area contributed by atoms with Gasteiger partial charge < -0.3 is 5.32 Å². The Morgan fingerprint density at radius 3 is 3.00 bits per heavy atom. The summed E-state index contributed by atoms with van der Waals surface area (Å²) in [5.41, 5.74) is 0.842. The molecule has 0 aliphatic rings. The fraction of sp³-hybridized carbons (Fsp3) is 0.500. The molecule has 0 amide bonds. The highest BCUT2D eigenvalue weighted by Crippen LogP contribution is 2.00. The van der Waals surface area contributed by atoms with E-state index in [1.165, 1.54) is 0 Å². The molecule has 0 fully saturated rings. The fourth-order valence-electron chi connectivity index (χ4n) is 0.938. The van der Waals surface area contributed by atoms with Gasteiger partial charge in [0.1, 0.15) is 0 Å². The van der Waals surface area contributed by atoms with Crippen LogP contribution in [0.1, 0.15) is 5.69 Å². The van der Waals surface area contributed by atoms with Gasteiger partial charge in [0.25, 0.3) is 5.56 Å². The number of aromatic nitrogens is 2. The second-order valence-corrected chi connectivity index (χ2v) is 3.82. The Bertz CT molecular complexity index is 348. The zero-order valence-corrected chi connectivity index (χ0v) is 9.83. The summed E-state index contributed by atoms with van der Waals surface area (Å²) in [4.78, 5) is 15.7. The average molecular weight is 293 g/mol. The molecule has 0 radical (unpaired) electrons. The molecule has 0 spiro atoms. The van der Waals surface area contributed by atoms with Gasteiger partial charge in [-0.1, -0.05) is 0 Å². The number of nitrogens with zero attached hydrogens (tertiary/aromatic N) is 2. The van der Waals surface area contributed by atoms with E-state index >= 15 is 0 Å². The Kier molecular flexibility index (Phi) is 3.86. The first-order valence-electron chi connectivity index (χ1n) is 4.03. The van der Waals surface area contributed by atoms with Crippen molar-refractivity contribution in [2.24, 2.45) is 0 Å². The summed E-state index contributed by atoms with van der Waals surface area (Å²) in [6, 6.07) is 0. The maximum atomic E-state index is 11.6. The lowest BCUT2D eigenvalue weighted by atomic mass is 10.4. The highest BCUT2D eigenvalue weighted by molar-refractivity contribution is 14.1. The van der Waals surface area contributed by atoms with Crippen molar-refractivity contribution in [1.29, 1.82) is 0 Å². The molecule has 4 nitrogen and oxygen atoms in total. The largest absolute Gasteiger partial charge is 0.318 e. The van der Waals surface area contributed by atoms with Crippen molar-refractivity contribution in [2.75, 3.05) is 13.6 Å². The average Bonchev–Trinajstić information content (AvgIpc) is 2.13. The maximum Gasteiger partial charge on any atom is 0.267 e. The molecule has 0 bridgehead atoms. The molecule has 0 atom stereocenters. The van der Waals surface area contributed by atoms with Gasteiger partial charge in [-0.15, -0.1) is 0 Å². The van der Waals surface area contributed by atoms with Crippen molar-refractivity contribution < 1.29 is 0 Å². The summed E-state index contributed by atoms with van der Waals surface area (Å²) in [5, 5.41) is 2.99. The van der Waals surface area contributed by atoms with Crippen LogP contribution in [0.4, 0.5) is 0 Å². The van der Waals surface area contributed by atoms with Crippen molar-refractivity contribution in [3.05, 3.63) is 25.9 Å². The van der Waals surface area contributed by atoms with E-state index in [1.807, 2.05) is 36.6 Å². The van der Waals surface area contributed by atoms with E-state index in [1.54, 1.807) is 10.9 Å². The van der Waals surface area contributed by atoms with Crippen molar-refractivity contribution in [1.82, 2.24) is 14.9 Å². The first-order valence-corrected chi connectivity index (χ1v) is 5.11. The van der Waals surface area contributed by atoms with Gasteiger partial charge >= 0.3 is 0 Å². The number of hydrogen-bond donors (Lipinski definition) is 1. The third-order valence-corrected chi connectivity index (χ3v) is 3.00. The van der Waals surface area contributed by atoms with Crippen molar-refractivity contribution in [3.8, 4) is 0 Å². The standard InChI is InChI=1S/C8H12IN3O/c1-6-7(9)8(13)12(5-11-6)4-3-10-2/h5,10H,3-4H2,1-2H3. The number of aryl methyl sites for hydroxylation is 1. The highest BCUT2D eigenvalue weighted by Gasteiger charge is 2.03. The van der Waals surface area contributed by atoms with Crippen LogP contribution in [0.3, 0.4) is 0 Å². The number of rotatable bonds is 3. The SMILES string of the molecule is CNCCn1cnc(C)c(I)c1=O. The molecular weight excluding hydrogens is 281 g/mol. The Morgan fingerprint density at radius 1 is 1.69 bits per heavy atom. The minimum absolute atomic E-state index is 0.0448. The van der Waals surface area contributed by atoms with Gasteiger partial charge in [-0.05, 0) is 36.6 Å². The van der Waals surface area contributed by atoms with Crippen LogP contribution in [0, 0.1) is 10.5 Å². The zero-order valence-electron chi connectivity index (χ0n) is 7.67. The van der Waals surface area contributed by atoms with Crippen LogP contribution in [0.15, 0.2) is 11.1 Å². The first kappa shape index (κ1) is 10.6. The smallest absolute Gasteiger partial charge is 0.267 e. The lowest BCUT2D eigenvalue weighted by molar-refractivity contribution is 0.611. The van der Waals surface area contributed by atoms with Gasteiger partial charge in [-0.25, -0.2) is 4.98 Å². The van der Waals surface area contributed by atoms with Crippen LogP contribution in [0.5, 0.6) is 0 Å². The molecule has 5 heteroatoms. The maximum absolute atomic E-state index is 11.6.